The van der Waals surface area contributed by atoms with Gasteiger partial charge in [-0.2, -0.15) is 18.0 Å². The van der Waals surface area contributed by atoms with Gasteiger partial charge < -0.3 is 0 Å². The van der Waals surface area contributed by atoms with Crippen LogP contribution in [0.5, 0.6) is 0 Å². The molecule has 2 heterocycles. The van der Waals surface area contributed by atoms with E-state index >= 15 is 0 Å². The van der Waals surface area contributed by atoms with Gasteiger partial charge in [0.05, 0.1) is 11.3 Å². The monoisotopic (exact) mass is 502 g/mol. The number of rotatable bonds is 7. The van der Waals surface area contributed by atoms with Gasteiger partial charge in [0.15, 0.2) is 11.9 Å². The van der Waals surface area contributed by atoms with E-state index in [1.165, 1.54) is 29.1 Å². The Morgan fingerprint density at radius 3 is 2.46 bits per heavy atom. The van der Waals surface area contributed by atoms with Crippen LogP contribution in [-0.2, 0) is 11.0 Å². The Morgan fingerprint density at radius 1 is 1.03 bits per heavy atom. The summed E-state index contributed by atoms with van der Waals surface area (Å²) < 4.78 is 38.8. The first kappa shape index (κ1) is 24.1. The number of alkyl halides is 3. The second-order valence-corrected chi connectivity index (χ2v) is 7.80. The van der Waals surface area contributed by atoms with Crippen LogP contribution in [0, 0.1) is 0 Å². The fraction of sp³-hybridized carbons (Fsp3) is 0.182. The van der Waals surface area contributed by atoms with Gasteiger partial charge in [0.25, 0.3) is 5.91 Å². The van der Waals surface area contributed by atoms with Crippen LogP contribution in [0.2, 0.25) is 5.02 Å². The molecule has 1 atom stereocenters. The standard InChI is InChI=1S/C22H18ClF3N8O/c1-2-18(34-32-20(30-33-34)13-6-8-16(23)9-7-13)21(35)31-29-19-11-10-17(27-28-19)14-4-3-5-15(12-14)22(24,25)26/h3-12,18H,2H2,1H3,(H,28,29)(H,31,35). The van der Waals surface area contributed by atoms with Gasteiger partial charge in [-0.1, -0.05) is 30.7 Å². The van der Waals surface area contributed by atoms with Gasteiger partial charge in [0.1, 0.15) is 0 Å². The summed E-state index contributed by atoms with van der Waals surface area (Å²) in [5, 5.41) is 20.7. The molecule has 2 aromatic carbocycles. The van der Waals surface area contributed by atoms with Crippen molar-refractivity contribution >= 4 is 23.3 Å². The van der Waals surface area contributed by atoms with Gasteiger partial charge >= 0.3 is 6.18 Å². The van der Waals surface area contributed by atoms with E-state index in [4.69, 9.17) is 11.6 Å². The summed E-state index contributed by atoms with van der Waals surface area (Å²) >= 11 is 5.89. The molecule has 0 bridgehead atoms. The first-order valence-corrected chi connectivity index (χ1v) is 10.7. The van der Waals surface area contributed by atoms with E-state index in [0.29, 0.717) is 22.8 Å². The third-order valence-electron chi connectivity index (χ3n) is 4.96. The summed E-state index contributed by atoms with van der Waals surface area (Å²) in [5.41, 5.74) is 5.57. The zero-order valence-corrected chi connectivity index (χ0v) is 18.9. The minimum absolute atomic E-state index is 0.192. The molecule has 4 aromatic rings. The Bertz CT molecular complexity index is 1310. The smallest absolute Gasteiger partial charge is 0.280 e. The van der Waals surface area contributed by atoms with Gasteiger partial charge in [-0.15, -0.1) is 20.4 Å². The lowest BCUT2D eigenvalue weighted by molar-refractivity contribution is -0.137. The second-order valence-electron chi connectivity index (χ2n) is 7.36. The summed E-state index contributed by atoms with van der Waals surface area (Å²) in [4.78, 5) is 13.9. The van der Waals surface area contributed by atoms with Crippen molar-refractivity contribution in [1.82, 2.24) is 35.8 Å². The Morgan fingerprint density at radius 2 is 1.80 bits per heavy atom. The molecule has 1 unspecified atom stereocenters. The van der Waals surface area contributed by atoms with E-state index in [1.54, 1.807) is 31.2 Å². The molecule has 0 aliphatic carbocycles. The van der Waals surface area contributed by atoms with E-state index in [0.717, 1.165) is 12.1 Å². The van der Waals surface area contributed by atoms with Crippen LogP contribution < -0.4 is 10.9 Å². The van der Waals surface area contributed by atoms with Crippen molar-refractivity contribution in [3.05, 3.63) is 71.2 Å². The molecule has 180 valence electrons. The summed E-state index contributed by atoms with van der Waals surface area (Å²) in [6.45, 7) is 1.79. The van der Waals surface area contributed by atoms with Gasteiger partial charge in [-0.05, 0) is 60.2 Å². The molecule has 9 nitrogen and oxygen atoms in total. The van der Waals surface area contributed by atoms with Crippen molar-refractivity contribution in [3.63, 3.8) is 0 Å². The minimum atomic E-state index is -4.46. The molecule has 4 rings (SSSR count). The molecule has 0 saturated carbocycles. The van der Waals surface area contributed by atoms with E-state index in [-0.39, 0.29) is 17.1 Å². The fourth-order valence-electron chi connectivity index (χ4n) is 3.14. The zero-order valence-electron chi connectivity index (χ0n) is 18.2. The van der Waals surface area contributed by atoms with E-state index in [2.05, 4.69) is 36.5 Å². The molecule has 0 saturated heterocycles. The Kier molecular flexibility index (Phi) is 6.92. The van der Waals surface area contributed by atoms with Crippen LogP contribution in [0.4, 0.5) is 19.0 Å². The van der Waals surface area contributed by atoms with Crippen molar-refractivity contribution in [2.75, 3.05) is 5.43 Å². The van der Waals surface area contributed by atoms with Crippen LogP contribution in [0.25, 0.3) is 22.6 Å². The molecule has 0 spiro atoms. The average molecular weight is 503 g/mol. The number of carbonyl (C=O) groups excluding carboxylic acids is 1. The molecule has 0 radical (unpaired) electrons. The highest BCUT2D eigenvalue weighted by molar-refractivity contribution is 6.30. The molecule has 0 aliphatic heterocycles. The van der Waals surface area contributed by atoms with Crippen molar-refractivity contribution in [2.24, 2.45) is 0 Å². The van der Waals surface area contributed by atoms with Crippen LogP contribution >= 0.6 is 11.6 Å². The quantitative estimate of drug-likeness (QED) is 0.356. The SMILES string of the molecule is CCC(C(=O)NNc1ccc(-c2cccc(C(F)(F)F)c2)nn1)n1nnc(-c2ccc(Cl)cc2)n1. The normalized spacial score (nSPS) is 12.3. The van der Waals surface area contributed by atoms with Crippen molar-refractivity contribution in [3.8, 4) is 22.6 Å². The number of hydrogen-bond donors (Lipinski definition) is 2. The molecule has 2 N–H and O–H groups in total. The van der Waals surface area contributed by atoms with Gasteiger partial charge in [-0.3, -0.25) is 15.6 Å². The van der Waals surface area contributed by atoms with Crippen molar-refractivity contribution in [2.45, 2.75) is 25.6 Å². The predicted molar refractivity (Wildman–Crippen MR) is 122 cm³/mol. The number of nitrogens with zero attached hydrogens (tertiary/aromatic N) is 6. The molecule has 35 heavy (non-hydrogen) atoms. The molecule has 2 aromatic heterocycles. The third kappa shape index (κ3) is 5.72. The van der Waals surface area contributed by atoms with Crippen molar-refractivity contribution < 1.29 is 18.0 Å². The number of hydrogen-bond acceptors (Lipinski definition) is 7. The number of carbonyl (C=O) groups is 1. The highest BCUT2D eigenvalue weighted by Gasteiger charge is 2.30. The fourth-order valence-corrected chi connectivity index (χ4v) is 3.27. The van der Waals surface area contributed by atoms with Crippen LogP contribution in [0.1, 0.15) is 24.9 Å². The predicted octanol–water partition coefficient (Wildman–Crippen LogP) is 4.56. The second kappa shape index (κ2) is 10.1. The summed E-state index contributed by atoms with van der Waals surface area (Å²) in [5.74, 6) is 0.0885. The lowest BCUT2D eigenvalue weighted by atomic mass is 10.1. The van der Waals surface area contributed by atoms with Crippen LogP contribution in [0.15, 0.2) is 60.7 Å². The van der Waals surface area contributed by atoms with Crippen LogP contribution in [0.3, 0.4) is 0 Å². The number of hydrazine groups is 1. The highest BCUT2D eigenvalue weighted by Crippen LogP contribution is 2.31. The largest absolute Gasteiger partial charge is 0.416 e. The van der Waals surface area contributed by atoms with E-state index in [9.17, 15) is 18.0 Å². The molecular weight excluding hydrogens is 485 g/mol. The summed E-state index contributed by atoms with van der Waals surface area (Å²) in [7, 11) is 0. The average Bonchev–Trinajstić information content (AvgIpc) is 3.33. The van der Waals surface area contributed by atoms with Gasteiger partial charge in [0.2, 0.25) is 5.82 Å². The van der Waals surface area contributed by atoms with E-state index < -0.39 is 23.7 Å². The Hall–Kier alpha value is -4.06. The van der Waals surface area contributed by atoms with E-state index in [1.807, 2.05) is 0 Å². The number of aromatic nitrogens is 6. The number of nitrogens with one attached hydrogen (secondary N) is 2. The number of benzene rings is 2. The van der Waals surface area contributed by atoms with Crippen LogP contribution in [-0.4, -0.2) is 36.3 Å². The number of tetrazole rings is 1. The maximum absolute atomic E-state index is 12.9. The molecule has 0 aliphatic rings. The first-order chi connectivity index (χ1) is 16.7. The zero-order chi connectivity index (χ0) is 25.0. The minimum Gasteiger partial charge on any atom is -0.280 e. The lowest BCUT2D eigenvalue weighted by Crippen LogP contribution is -2.37. The molecule has 13 heteroatoms. The molecular formula is C22H18ClF3N8O. The number of anilines is 1. The van der Waals surface area contributed by atoms with Crippen molar-refractivity contribution in [1.29, 1.82) is 0 Å². The Labute approximate surface area is 202 Å². The van der Waals surface area contributed by atoms with Gasteiger partial charge in [-0.25, -0.2) is 0 Å². The topological polar surface area (TPSA) is 111 Å². The third-order valence-corrected chi connectivity index (χ3v) is 5.21. The highest BCUT2D eigenvalue weighted by atomic mass is 35.5. The summed E-state index contributed by atoms with van der Waals surface area (Å²) in [6.07, 6.45) is -4.08. The maximum Gasteiger partial charge on any atom is 0.416 e. The Balaban J connectivity index is 1.40. The molecule has 0 fully saturated rings. The maximum atomic E-state index is 12.9. The molecule has 1 amide bonds. The first-order valence-electron chi connectivity index (χ1n) is 10.4. The number of amides is 1. The lowest BCUT2D eigenvalue weighted by Gasteiger charge is -2.14. The number of halogens is 4. The van der Waals surface area contributed by atoms with Gasteiger partial charge in [0, 0.05) is 16.1 Å². The summed E-state index contributed by atoms with van der Waals surface area (Å²) in [6, 6.07) is 13.9.